The number of fused-ring (bicyclic) bond motifs is 5. The molecule has 2 aromatic rings. The molecule has 1 atom stereocenters. The van der Waals surface area contributed by atoms with Gasteiger partial charge in [0.15, 0.2) is 0 Å². The zero-order chi connectivity index (χ0) is 13.0. The van der Waals surface area contributed by atoms with Crippen LogP contribution in [-0.4, -0.2) is 23.0 Å². The average Bonchev–Trinajstić information content (AvgIpc) is 3.00. The molecule has 3 heterocycles. The SMILES string of the molecule is C=Cc1cc(C)cc2c3c([nH]c12)CCN1CCC[C@H]31. The van der Waals surface area contributed by atoms with E-state index in [0.717, 1.165) is 6.42 Å². The summed E-state index contributed by atoms with van der Waals surface area (Å²) in [5.74, 6) is 0. The second-order valence-electron chi connectivity index (χ2n) is 5.94. The van der Waals surface area contributed by atoms with E-state index in [2.05, 4.69) is 35.5 Å². The standard InChI is InChI=1S/C17H20N2/c1-3-12-9-11(2)10-13-16-14(18-17(12)13)6-8-19-7-4-5-15(16)19/h3,9-10,15,18H,1,4-8H2,2H3/t15-/m1/s1. The summed E-state index contributed by atoms with van der Waals surface area (Å²) in [5.41, 5.74) is 6.91. The molecule has 0 spiro atoms. The zero-order valence-corrected chi connectivity index (χ0v) is 11.5. The second-order valence-corrected chi connectivity index (χ2v) is 5.94. The molecule has 0 radical (unpaired) electrons. The third kappa shape index (κ3) is 1.53. The highest BCUT2D eigenvalue weighted by Gasteiger charge is 2.33. The number of benzene rings is 1. The molecule has 1 aromatic heterocycles. The molecular formula is C17H20N2. The van der Waals surface area contributed by atoms with Gasteiger partial charge < -0.3 is 4.98 Å². The molecule has 2 nitrogen and oxygen atoms in total. The first kappa shape index (κ1) is 11.3. The van der Waals surface area contributed by atoms with Gasteiger partial charge in [-0.1, -0.05) is 12.7 Å². The summed E-state index contributed by atoms with van der Waals surface area (Å²) < 4.78 is 0. The fraction of sp³-hybridized carbons (Fsp3) is 0.412. The van der Waals surface area contributed by atoms with Crippen LogP contribution in [0.25, 0.3) is 17.0 Å². The molecule has 2 heteroatoms. The second kappa shape index (κ2) is 3.97. The maximum absolute atomic E-state index is 3.96. The van der Waals surface area contributed by atoms with Crippen molar-refractivity contribution in [1.29, 1.82) is 0 Å². The van der Waals surface area contributed by atoms with Crippen molar-refractivity contribution in [3.63, 3.8) is 0 Å². The number of hydrogen-bond acceptors (Lipinski definition) is 1. The molecular weight excluding hydrogens is 232 g/mol. The van der Waals surface area contributed by atoms with Crippen molar-refractivity contribution in [3.05, 3.63) is 41.1 Å². The summed E-state index contributed by atoms with van der Waals surface area (Å²) >= 11 is 0. The maximum Gasteiger partial charge on any atom is 0.0533 e. The van der Waals surface area contributed by atoms with Gasteiger partial charge in [-0.05, 0) is 55.1 Å². The van der Waals surface area contributed by atoms with Crippen LogP contribution < -0.4 is 0 Å². The minimum absolute atomic E-state index is 0.650. The van der Waals surface area contributed by atoms with Gasteiger partial charge in [0, 0.05) is 30.1 Å². The molecule has 0 unspecified atom stereocenters. The third-order valence-electron chi connectivity index (χ3n) is 4.77. The van der Waals surface area contributed by atoms with Crippen LogP contribution in [0.15, 0.2) is 18.7 Å². The van der Waals surface area contributed by atoms with E-state index in [1.165, 1.54) is 53.7 Å². The Morgan fingerprint density at radius 2 is 2.26 bits per heavy atom. The minimum Gasteiger partial charge on any atom is -0.358 e. The molecule has 19 heavy (non-hydrogen) atoms. The highest BCUT2D eigenvalue weighted by atomic mass is 15.2. The van der Waals surface area contributed by atoms with E-state index < -0.39 is 0 Å². The monoisotopic (exact) mass is 252 g/mol. The van der Waals surface area contributed by atoms with Crippen molar-refractivity contribution >= 4 is 17.0 Å². The third-order valence-corrected chi connectivity index (χ3v) is 4.77. The lowest BCUT2D eigenvalue weighted by Crippen LogP contribution is -2.30. The first-order valence-electron chi connectivity index (χ1n) is 7.29. The number of aromatic amines is 1. The topological polar surface area (TPSA) is 19.0 Å². The summed E-state index contributed by atoms with van der Waals surface area (Å²) in [4.78, 5) is 6.34. The van der Waals surface area contributed by atoms with Crippen molar-refractivity contribution in [2.45, 2.75) is 32.2 Å². The molecule has 0 bridgehead atoms. The smallest absolute Gasteiger partial charge is 0.0533 e. The van der Waals surface area contributed by atoms with Crippen molar-refractivity contribution < 1.29 is 0 Å². The molecule has 0 aliphatic carbocycles. The van der Waals surface area contributed by atoms with Crippen molar-refractivity contribution in [3.8, 4) is 0 Å². The van der Waals surface area contributed by atoms with Crippen LogP contribution in [0.1, 0.15) is 41.3 Å². The lowest BCUT2D eigenvalue weighted by molar-refractivity contribution is 0.244. The molecule has 4 rings (SSSR count). The number of aromatic nitrogens is 1. The van der Waals surface area contributed by atoms with Gasteiger partial charge in [-0.15, -0.1) is 0 Å². The Hall–Kier alpha value is -1.54. The normalized spacial score (nSPS) is 22.5. The molecule has 1 aromatic carbocycles. The van der Waals surface area contributed by atoms with Gasteiger partial charge in [-0.25, -0.2) is 0 Å². The van der Waals surface area contributed by atoms with Crippen molar-refractivity contribution in [2.75, 3.05) is 13.1 Å². The predicted molar refractivity (Wildman–Crippen MR) is 80.4 cm³/mol. The molecule has 1 saturated heterocycles. The van der Waals surface area contributed by atoms with Gasteiger partial charge in [0.1, 0.15) is 0 Å². The number of hydrogen-bond donors (Lipinski definition) is 1. The highest BCUT2D eigenvalue weighted by Crippen LogP contribution is 2.42. The fourth-order valence-electron chi connectivity index (χ4n) is 3.96. The van der Waals surface area contributed by atoms with E-state index in [9.17, 15) is 0 Å². The summed E-state index contributed by atoms with van der Waals surface area (Å²) in [6.45, 7) is 8.64. The number of nitrogens with one attached hydrogen (secondary N) is 1. The predicted octanol–water partition coefficient (Wildman–Crippen LogP) is 3.81. The van der Waals surface area contributed by atoms with E-state index >= 15 is 0 Å². The molecule has 2 aliphatic rings. The van der Waals surface area contributed by atoms with E-state index in [1.807, 2.05) is 6.08 Å². The summed E-state index contributed by atoms with van der Waals surface area (Å²) in [6, 6.07) is 5.22. The number of rotatable bonds is 1. The van der Waals surface area contributed by atoms with Crippen LogP contribution in [0.2, 0.25) is 0 Å². The van der Waals surface area contributed by atoms with Gasteiger partial charge >= 0.3 is 0 Å². The van der Waals surface area contributed by atoms with Crippen LogP contribution in [-0.2, 0) is 6.42 Å². The Balaban J connectivity index is 2.02. The minimum atomic E-state index is 0.650. The number of nitrogens with zero attached hydrogens (tertiary/aromatic N) is 1. The van der Waals surface area contributed by atoms with E-state index in [4.69, 9.17) is 0 Å². The highest BCUT2D eigenvalue weighted by molar-refractivity contribution is 5.92. The molecule has 0 saturated carbocycles. The Bertz CT molecular complexity index is 665. The quantitative estimate of drug-likeness (QED) is 0.817. The number of H-pyrrole nitrogens is 1. The first-order valence-corrected chi connectivity index (χ1v) is 7.29. The Morgan fingerprint density at radius 3 is 3.11 bits per heavy atom. The zero-order valence-electron chi connectivity index (χ0n) is 11.5. The van der Waals surface area contributed by atoms with Crippen molar-refractivity contribution in [1.82, 2.24) is 9.88 Å². The molecule has 1 N–H and O–H groups in total. The molecule has 98 valence electrons. The number of aryl methyl sites for hydroxylation is 1. The molecule has 0 amide bonds. The van der Waals surface area contributed by atoms with Crippen LogP contribution in [0.4, 0.5) is 0 Å². The van der Waals surface area contributed by atoms with Gasteiger partial charge in [0.25, 0.3) is 0 Å². The fourth-order valence-corrected chi connectivity index (χ4v) is 3.96. The van der Waals surface area contributed by atoms with Crippen LogP contribution in [0, 0.1) is 6.92 Å². The van der Waals surface area contributed by atoms with Gasteiger partial charge in [0.05, 0.1) is 5.52 Å². The largest absolute Gasteiger partial charge is 0.358 e. The average molecular weight is 252 g/mol. The molecule has 1 fully saturated rings. The van der Waals surface area contributed by atoms with E-state index in [-0.39, 0.29) is 0 Å². The Kier molecular flexibility index (Phi) is 2.36. The van der Waals surface area contributed by atoms with Gasteiger partial charge in [0.2, 0.25) is 0 Å². The lowest BCUT2D eigenvalue weighted by atomic mass is 9.94. The Morgan fingerprint density at radius 1 is 1.37 bits per heavy atom. The van der Waals surface area contributed by atoms with Crippen LogP contribution >= 0.6 is 0 Å². The Labute approximate surface area is 114 Å². The van der Waals surface area contributed by atoms with Gasteiger partial charge in [-0.3, -0.25) is 4.90 Å². The summed E-state index contributed by atoms with van der Waals surface area (Å²) in [6.07, 6.45) is 5.80. The summed E-state index contributed by atoms with van der Waals surface area (Å²) in [5, 5.41) is 1.43. The molecule has 2 aliphatic heterocycles. The maximum atomic E-state index is 3.96. The first-order chi connectivity index (χ1) is 9.28. The van der Waals surface area contributed by atoms with Crippen LogP contribution in [0.5, 0.6) is 0 Å². The van der Waals surface area contributed by atoms with E-state index in [0.29, 0.717) is 6.04 Å². The van der Waals surface area contributed by atoms with E-state index in [1.54, 1.807) is 5.56 Å². The van der Waals surface area contributed by atoms with Gasteiger partial charge in [-0.2, -0.15) is 0 Å². The summed E-state index contributed by atoms with van der Waals surface area (Å²) in [7, 11) is 0. The van der Waals surface area contributed by atoms with Crippen LogP contribution in [0.3, 0.4) is 0 Å². The van der Waals surface area contributed by atoms with Crippen molar-refractivity contribution in [2.24, 2.45) is 0 Å². The lowest BCUT2D eigenvalue weighted by Gasteiger charge is -2.29.